The Kier molecular flexibility index (Phi) is 4.76. The molecule has 124 valence electrons. The first-order valence-electron chi connectivity index (χ1n) is 7.74. The van der Waals surface area contributed by atoms with Crippen LogP contribution in [-0.2, 0) is 13.1 Å². The van der Waals surface area contributed by atoms with E-state index in [4.69, 9.17) is 0 Å². The topological polar surface area (TPSA) is 51.1 Å². The highest BCUT2D eigenvalue weighted by Crippen LogP contribution is 2.15. The van der Waals surface area contributed by atoms with Crippen LogP contribution in [0.4, 0.5) is 4.39 Å². The van der Waals surface area contributed by atoms with Gasteiger partial charge in [-0.05, 0) is 41.5 Å². The van der Waals surface area contributed by atoms with Crippen molar-refractivity contribution in [1.29, 1.82) is 0 Å². The smallest absolute Gasteiger partial charge is 0.268 e. The number of nitrogens with one attached hydrogen (secondary N) is 1. The molecule has 0 saturated carbocycles. The lowest BCUT2D eigenvalue weighted by molar-refractivity contribution is 0.0940. The molecule has 6 heteroatoms. The minimum Gasteiger partial charge on any atom is -0.346 e. The average molecular weight is 344 g/mol. The highest BCUT2D eigenvalue weighted by molar-refractivity contribution is 7.09. The molecule has 3 rings (SSSR count). The number of pyridine rings is 1. The molecule has 4 nitrogen and oxygen atoms in total. The van der Waals surface area contributed by atoms with E-state index in [0.717, 1.165) is 4.88 Å². The summed E-state index contributed by atoms with van der Waals surface area (Å²) in [5, 5.41) is 5.64. The molecular formula is C18H17FN2O2S. The van der Waals surface area contributed by atoms with E-state index in [-0.39, 0.29) is 11.5 Å². The van der Waals surface area contributed by atoms with Crippen LogP contribution in [0.25, 0.3) is 10.8 Å². The number of carbonyl (C=O) groups is 1. The zero-order valence-electron chi connectivity index (χ0n) is 13.2. The average Bonchev–Trinajstić information content (AvgIpc) is 3.09. The quantitative estimate of drug-likeness (QED) is 0.770. The van der Waals surface area contributed by atoms with Crippen LogP contribution >= 0.6 is 11.3 Å². The first-order chi connectivity index (χ1) is 11.6. The molecule has 3 aromatic rings. The van der Waals surface area contributed by atoms with Crippen molar-refractivity contribution >= 4 is 28.0 Å². The van der Waals surface area contributed by atoms with Crippen molar-refractivity contribution in [1.82, 2.24) is 9.88 Å². The highest BCUT2D eigenvalue weighted by Gasteiger charge is 2.15. The molecule has 0 aliphatic heterocycles. The molecule has 0 atom stereocenters. The minimum atomic E-state index is -0.461. The summed E-state index contributed by atoms with van der Waals surface area (Å²) in [5.41, 5.74) is -0.0346. The third-order valence-corrected chi connectivity index (χ3v) is 4.63. The predicted molar refractivity (Wildman–Crippen MR) is 93.9 cm³/mol. The van der Waals surface area contributed by atoms with Gasteiger partial charge in [0, 0.05) is 11.4 Å². The summed E-state index contributed by atoms with van der Waals surface area (Å²) in [6, 6.07) is 9.54. The summed E-state index contributed by atoms with van der Waals surface area (Å²) in [6.07, 6.45) is 0.700. The number of nitrogens with zero attached hydrogens (tertiary/aromatic N) is 1. The molecule has 0 fully saturated rings. The van der Waals surface area contributed by atoms with Crippen LogP contribution in [0.2, 0.25) is 0 Å². The maximum absolute atomic E-state index is 13.4. The second-order valence-corrected chi connectivity index (χ2v) is 6.51. The van der Waals surface area contributed by atoms with Gasteiger partial charge in [-0.25, -0.2) is 4.39 Å². The molecule has 0 aliphatic carbocycles. The van der Waals surface area contributed by atoms with Crippen molar-refractivity contribution in [2.24, 2.45) is 0 Å². The molecule has 0 bridgehead atoms. The Balaban J connectivity index is 2.01. The van der Waals surface area contributed by atoms with Gasteiger partial charge in [0.25, 0.3) is 11.5 Å². The third-order valence-electron chi connectivity index (χ3n) is 3.76. The molecule has 2 heterocycles. The van der Waals surface area contributed by atoms with Gasteiger partial charge in [-0.1, -0.05) is 19.1 Å². The Morgan fingerprint density at radius 3 is 2.83 bits per heavy atom. The zero-order chi connectivity index (χ0) is 17.1. The van der Waals surface area contributed by atoms with Crippen LogP contribution in [0.1, 0.15) is 28.7 Å². The van der Waals surface area contributed by atoms with Gasteiger partial charge < -0.3 is 9.88 Å². The van der Waals surface area contributed by atoms with Crippen molar-refractivity contribution in [3.8, 4) is 0 Å². The first kappa shape index (κ1) is 16.4. The van der Waals surface area contributed by atoms with Crippen LogP contribution in [0.15, 0.2) is 46.6 Å². The number of benzene rings is 1. The number of rotatable bonds is 5. The molecule has 0 unspecified atom stereocenters. The van der Waals surface area contributed by atoms with E-state index in [1.54, 1.807) is 17.4 Å². The van der Waals surface area contributed by atoms with Gasteiger partial charge in [-0.3, -0.25) is 9.59 Å². The molecule has 1 aromatic carbocycles. The van der Waals surface area contributed by atoms with Crippen LogP contribution in [-0.4, -0.2) is 10.5 Å². The van der Waals surface area contributed by atoms with E-state index in [9.17, 15) is 14.0 Å². The summed E-state index contributed by atoms with van der Waals surface area (Å²) in [7, 11) is 0. The Labute approximate surface area is 142 Å². The van der Waals surface area contributed by atoms with Crippen molar-refractivity contribution < 1.29 is 9.18 Å². The molecule has 1 amide bonds. The van der Waals surface area contributed by atoms with Gasteiger partial charge >= 0.3 is 0 Å². The lowest BCUT2D eigenvalue weighted by atomic mass is 10.1. The first-order valence-corrected chi connectivity index (χ1v) is 8.62. The molecule has 0 spiro atoms. The van der Waals surface area contributed by atoms with E-state index >= 15 is 0 Å². The molecule has 0 aliphatic rings. The number of hydrogen-bond donors (Lipinski definition) is 1. The van der Waals surface area contributed by atoms with Gasteiger partial charge in [0.1, 0.15) is 11.5 Å². The number of halogens is 1. The lowest BCUT2D eigenvalue weighted by Gasteiger charge is -2.13. The SMILES string of the molecule is CCCn1c(C(=O)NCc2cccs2)cc2ccc(F)cc2c1=O. The second kappa shape index (κ2) is 6.97. The summed E-state index contributed by atoms with van der Waals surface area (Å²) >= 11 is 1.56. The highest BCUT2D eigenvalue weighted by atomic mass is 32.1. The zero-order valence-corrected chi connectivity index (χ0v) is 14.0. The van der Waals surface area contributed by atoms with Crippen LogP contribution in [0.3, 0.4) is 0 Å². The maximum Gasteiger partial charge on any atom is 0.268 e. The molecule has 0 saturated heterocycles. The summed E-state index contributed by atoms with van der Waals surface area (Å²) in [4.78, 5) is 26.2. The fourth-order valence-corrected chi connectivity index (χ4v) is 3.27. The molecular weight excluding hydrogens is 327 g/mol. The van der Waals surface area contributed by atoms with E-state index in [1.165, 1.54) is 22.8 Å². The summed E-state index contributed by atoms with van der Waals surface area (Å²) < 4.78 is 14.9. The van der Waals surface area contributed by atoms with Crippen molar-refractivity contribution in [2.45, 2.75) is 26.4 Å². The second-order valence-electron chi connectivity index (χ2n) is 5.48. The summed E-state index contributed by atoms with van der Waals surface area (Å²) in [5.74, 6) is -0.766. The van der Waals surface area contributed by atoms with E-state index in [1.807, 2.05) is 24.4 Å². The van der Waals surface area contributed by atoms with Gasteiger partial charge in [0.2, 0.25) is 0 Å². The van der Waals surface area contributed by atoms with E-state index < -0.39 is 5.82 Å². The Morgan fingerprint density at radius 2 is 2.12 bits per heavy atom. The Bertz CT molecular complexity index is 932. The number of fused-ring (bicyclic) bond motifs is 1. The van der Waals surface area contributed by atoms with Gasteiger partial charge in [0.15, 0.2) is 0 Å². The van der Waals surface area contributed by atoms with Gasteiger partial charge in [-0.15, -0.1) is 11.3 Å². The largest absolute Gasteiger partial charge is 0.346 e. The standard InChI is InChI=1S/C18H17FN2O2S/c1-2-7-21-16(17(22)20-11-14-4-3-8-24-14)9-12-5-6-13(19)10-15(12)18(21)23/h3-6,8-10H,2,7,11H2,1H3,(H,20,22). The van der Waals surface area contributed by atoms with Crippen molar-refractivity contribution in [3.63, 3.8) is 0 Å². The number of amides is 1. The van der Waals surface area contributed by atoms with Crippen LogP contribution in [0.5, 0.6) is 0 Å². The normalized spacial score (nSPS) is 10.9. The molecule has 1 N–H and O–H groups in total. The monoisotopic (exact) mass is 344 g/mol. The lowest BCUT2D eigenvalue weighted by Crippen LogP contribution is -2.32. The summed E-state index contributed by atoms with van der Waals surface area (Å²) in [6.45, 7) is 2.75. The third kappa shape index (κ3) is 3.23. The molecule has 2 aromatic heterocycles. The Hall–Kier alpha value is -2.47. The fourth-order valence-electron chi connectivity index (χ4n) is 2.62. The van der Waals surface area contributed by atoms with E-state index in [0.29, 0.717) is 36.0 Å². The Morgan fingerprint density at radius 1 is 1.29 bits per heavy atom. The number of carbonyl (C=O) groups excluding carboxylic acids is 1. The van der Waals surface area contributed by atoms with Crippen LogP contribution < -0.4 is 10.9 Å². The molecule has 24 heavy (non-hydrogen) atoms. The van der Waals surface area contributed by atoms with Crippen molar-refractivity contribution in [3.05, 3.63) is 68.5 Å². The number of aromatic nitrogens is 1. The molecule has 0 radical (unpaired) electrons. The van der Waals surface area contributed by atoms with Crippen LogP contribution in [0, 0.1) is 5.82 Å². The van der Waals surface area contributed by atoms with Gasteiger partial charge in [-0.2, -0.15) is 0 Å². The maximum atomic E-state index is 13.4. The van der Waals surface area contributed by atoms with Gasteiger partial charge in [0.05, 0.1) is 11.9 Å². The van der Waals surface area contributed by atoms with E-state index in [2.05, 4.69) is 5.32 Å². The number of hydrogen-bond acceptors (Lipinski definition) is 3. The van der Waals surface area contributed by atoms with Crippen molar-refractivity contribution in [2.75, 3.05) is 0 Å². The number of thiophene rings is 1. The predicted octanol–water partition coefficient (Wildman–Crippen LogP) is 3.54. The fraction of sp³-hybridized carbons (Fsp3) is 0.222. The minimum absolute atomic E-state index is 0.290.